The number of rotatable bonds is 5. The van der Waals surface area contributed by atoms with Crippen LogP contribution in [0.1, 0.15) is 27.6 Å². The molecule has 4 rings (SSSR count). The molecule has 1 saturated heterocycles. The van der Waals surface area contributed by atoms with E-state index in [9.17, 15) is 14.4 Å². The van der Waals surface area contributed by atoms with E-state index < -0.39 is 11.5 Å². The molecule has 2 amide bonds. The number of nitrogens with one attached hydrogen (secondary N) is 1. The first kappa shape index (κ1) is 20.6. The third-order valence-corrected chi connectivity index (χ3v) is 4.96. The van der Waals surface area contributed by atoms with E-state index in [1.165, 1.54) is 6.07 Å². The minimum atomic E-state index is -0.753. The summed E-state index contributed by atoms with van der Waals surface area (Å²) < 4.78 is 16.1. The zero-order chi connectivity index (χ0) is 21.8. The third-order valence-electron chi connectivity index (χ3n) is 4.96. The van der Waals surface area contributed by atoms with Crippen LogP contribution in [0.2, 0.25) is 0 Å². The van der Waals surface area contributed by atoms with E-state index in [0.717, 1.165) is 0 Å². The van der Waals surface area contributed by atoms with Crippen molar-refractivity contribution in [3.8, 4) is 5.75 Å². The predicted octanol–water partition coefficient (Wildman–Crippen LogP) is 2.92. The van der Waals surface area contributed by atoms with Gasteiger partial charge in [0.15, 0.2) is 11.3 Å². The number of anilines is 1. The van der Waals surface area contributed by atoms with Crippen LogP contribution in [0.4, 0.5) is 5.69 Å². The standard InChI is InChI=1S/C23H22N2O6/c1-2-30-19-5-3-4-16-14-18(23(28)31-20(16)19)21(26)24-17-8-6-15(7-9-17)22(27)25-10-12-29-13-11-25/h3-9,14H,2,10-13H2,1H3,(H,24,26). The Morgan fingerprint density at radius 3 is 2.55 bits per heavy atom. The van der Waals surface area contributed by atoms with Gasteiger partial charge in [-0.3, -0.25) is 9.59 Å². The first-order chi connectivity index (χ1) is 15.1. The number of hydrogen-bond acceptors (Lipinski definition) is 6. The Labute approximate surface area is 178 Å². The normalized spacial score (nSPS) is 13.8. The van der Waals surface area contributed by atoms with Gasteiger partial charge in [-0.2, -0.15) is 0 Å². The molecule has 0 radical (unpaired) electrons. The highest BCUT2D eigenvalue weighted by Gasteiger charge is 2.19. The molecule has 3 aromatic rings. The number of carbonyl (C=O) groups excluding carboxylic acids is 2. The van der Waals surface area contributed by atoms with Crippen molar-refractivity contribution < 1.29 is 23.5 Å². The zero-order valence-corrected chi connectivity index (χ0v) is 17.1. The summed E-state index contributed by atoms with van der Waals surface area (Å²) in [5.41, 5.74) is 0.419. The van der Waals surface area contributed by atoms with Gasteiger partial charge in [-0.25, -0.2) is 4.79 Å². The molecular formula is C23H22N2O6. The van der Waals surface area contributed by atoms with Crippen molar-refractivity contribution in [3.63, 3.8) is 0 Å². The van der Waals surface area contributed by atoms with Crippen LogP contribution < -0.4 is 15.7 Å². The molecule has 1 N–H and O–H groups in total. The average Bonchev–Trinajstić information content (AvgIpc) is 2.80. The van der Waals surface area contributed by atoms with Crippen molar-refractivity contribution in [2.24, 2.45) is 0 Å². The number of ether oxygens (including phenoxy) is 2. The maximum atomic E-state index is 12.7. The summed E-state index contributed by atoms with van der Waals surface area (Å²) >= 11 is 0. The van der Waals surface area contributed by atoms with Gasteiger partial charge in [0.05, 0.1) is 19.8 Å². The SMILES string of the molecule is CCOc1cccc2cc(C(=O)Nc3ccc(C(=O)N4CCOCC4)cc3)c(=O)oc12. The Kier molecular flexibility index (Phi) is 5.99. The lowest BCUT2D eigenvalue weighted by molar-refractivity contribution is 0.0303. The number of benzene rings is 2. The smallest absolute Gasteiger partial charge is 0.349 e. The van der Waals surface area contributed by atoms with E-state index >= 15 is 0 Å². The molecule has 160 valence electrons. The van der Waals surface area contributed by atoms with E-state index in [-0.39, 0.29) is 11.5 Å². The molecule has 31 heavy (non-hydrogen) atoms. The second-order valence-electron chi connectivity index (χ2n) is 6.99. The number of para-hydroxylation sites is 1. The number of carbonyl (C=O) groups is 2. The molecular weight excluding hydrogens is 400 g/mol. The largest absolute Gasteiger partial charge is 0.490 e. The zero-order valence-electron chi connectivity index (χ0n) is 17.1. The van der Waals surface area contributed by atoms with Crippen molar-refractivity contribution in [3.05, 3.63) is 70.1 Å². The highest BCUT2D eigenvalue weighted by atomic mass is 16.5. The molecule has 0 unspecified atom stereocenters. The average molecular weight is 422 g/mol. The highest BCUT2D eigenvalue weighted by molar-refractivity contribution is 6.06. The molecule has 8 heteroatoms. The number of nitrogens with zero attached hydrogens (tertiary/aromatic N) is 1. The van der Waals surface area contributed by atoms with E-state index in [1.54, 1.807) is 47.4 Å². The Balaban J connectivity index is 1.51. The summed E-state index contributed by atoms with van der Waals surface area (Å²) in [4.78, 5) is 39.3. The Morgan fingerprint density at radius 2 is 1.84 bits per heavy atom. The molecule has 1 aliphatic rings. The monoisotopic (exact) mass is 422 g/mol. The quantitative estimate of drug-likeness (QED) is 0.635. The van der Waals surface area contributed by atoms with Crippen LogP contribution in [-0.2, 0) is 4.74 Å². The van der Waals surface area contributed by atoms with Crippen molar-refractivity contribution >= 4 is 28.5 Å². The summed E-state index contributed by atoms with van der Waals surface area (Å²) in [7, 11) is 0. The van der Waals surface area contributed by atoms with Gasteiger partial charge in [0.2, 0.25) is 0 Å². The van der Waals surface area contributed by atoms with Crippen LogP contribution in [0.25, 0.3) is 11.0 Å². The summed E-state index contributed by atoms with van der Waals surface area (Å²) in [6.07, 6.45) is 0. The molecule has 2 heterocycles. The van der Waals surface area contributed by atoms with Crippen molar-refractivity contribution in [1.82, 2.24) is 4.90 Å². The van der Waals surface area contributed by atoms with Crippen molar-refractivity contribution in [1.29, 1.82) is 0 Å². The molecule has 0 spiro atoms. The van der Waals surface area contributed by atoms with Gasteiger partial charge in [-0.1, -0.05) is 12.1 Å². The van der Waals surface area contributed by atoms with Gasteiger partial charge in [0.25, 0.3) is 11.8 Å². The van der Waals surface area contributed by atoms with Crippen molar-refractivity contribution in [2.75, 3.05) is 38.2 Å². The molecule has 0 saturated carbocycles. The molecule has 1 aromatic heterocycles. The number of fused-ring (bicyclic) bond motifs is 1. The highest BCUT2D eigenvalue weighted by Crippen LogP contribution is 2.25. The van der Waals surface area contributed by atoms with Crippen LogP contribution in [0.5, 0.6) is 5.75 Å². The Morgan fingerprint density at radius 1 is 1.10 bits per heavy atom. The minimum absolute atomic E-state index is 0.0820. The Hall–Kier alpha value is -3.65. The summed E-state index contributed by atoms with van der Waals surface area (Å²) in [6, 6.07) is 13.2. The van der Waals surface area contributed by atoms with E-state index in [0.29, 0.717) is 60.9 Å². The number of morpholine rings is 1. The van der Waals surface area contributed by atoms with Gasteiger partial charge in [-0.05, 0) is 43.3 Å². The first-order valence-electron chi connectivity index (χ1n) is 10.0. The first-order valence-corrected chi connectivity index (χ1v) is 10.0. The van der Waals surface area contributed by atoms with E-state index in [4.69, 9.17) is 13.9 Å². The van der Waals surface area contributed by atoms with Crippen LogP contribution in [0.15, 0.2) is 57.7 Å². The van der Waals surface area contributed by atoms with Gasteiger partial charge in [0.1, 0.15) is 5.56 Å². The molecule has 0 atom stereocenters. The maximum absolute atomic E-state index is 12.7. The van der Waals surface area contributed by atoms with Gasteiger partial charge < -0.3 is 24.1 Å². The second-order valence-corrected chi connectivity index (χ2v) is 6.99. The fourth-order valence-corrected chi connectivity index (χ4v) is 3.39. The molecule has 2 aromatic carbocycles. The lowest BCUT2D eigenvalue weighted by atomic mass is 10.1. The molecule has 0 bridgehead atoms. The number of hydrogen-bond donors (Lipinski definition) is 1. The van der Waals surface area contributed by atoms with Crippen LogP contribution in [0, 0.1) is 0 Å². The second kappa shape index (κ2) is 9.01. The van der Waals surface area contributed by atoms with Gasteiger partial charge in [0, 0.05) is 29.7 Å². The Bertz CT molecular complexity index is 1160. The van der Waals surface area contributed by atoms with Crippen molar-refractivity contribution in [2.45, 2.75) is 6.92 Å². The van der Waals surface area contributed by atoms with Crippen LogP contribution in [-0.4, -0.2) is 49.6 Å². The van der Waals surface area contributed by atoms with Crippen LogP contribution >= 0.6 is 0 Å². The number of amides is 2. The summed E-state index contributed by atoms with van der Waals surface area (Å²) in [5.74, 6) is -0.226. The molecule has 0 aliphatic carbocycles. The molecule has 1 fully saturated rings. The molecule has 8 nitrogen and oxygen atoms in total. The predicted molar refractivity (Wildman–Crippen MR) is 115 cm³/mol. The maximum Gasteiger partial charge on any atom is 0.349 e. The lowest BCUT2D eigenvalue weighted by Gasteiger charge is -2.26. The van der Waals surface area contributed by atoms with Crippen LogP contribution in [0.3, 0.4) is 0 Å². The van der Waals surface area contributed by atoms with Gasteiger partial charge in [-0.15, -0.1) is 0 Å². The fourth-order valence-electron chi connectivity index (χ4n) is 3.39. The topological polar surface area (TPSA) is 98.1 Å². The summed E-state index contributed by atoms with van der Waals surface area (Å²) in [6.45, 7) is 4.42. The van der Waals surface area contributed by atoms with E-state index in [2.05, 4.69) is 5.32 Å². The third kappa shape index (κ3) is 4.44. The molecule has 1 aliphatic heterocycles. The summed E-state index contributed by atoms with van der Waals surface area (Å²) in [5, 5.41) is 3.26. The van der Waals surface area contributed by atoms with Gasteiger partial charge >= 0.3 is 5.63 Å². The lowest BCUT2D eigenvalue weighted by Crippen LogP contribution is -2.40. The fraction of sp³-hybridized carbons (Fsp3) is 0.261. The minimum Gasteiger partial charge on any atom is -0.490 e. The van der Waals surface area contributed by atoms with E-state index in [1.807, 2.05) is 6.92 Å².